The topological polar surface area (TPSA) is 61.4 Å². The molecule has 1 aliphatic carbocycles. The Balaban J connectivity index is 2.39. The van der Waals surface area contributed by atoms with Crippen molar-refractivity contribution in [1.29, 1.82) is 0 Å². The van der Waals surface area contributed by atoms with Crippen molar-refractivity contribution in [1.82, 2.24) is 10.6 Å². The molecule has 0 aromatic carbocycles. The average molecular weight is 228 g/mol. The molecule has 1 rings (SSSR count). The van der Waals surface area contributed by atoms with Gasteiger partial charge in [0.25, 0.3) is 0 Å². The molecule has 0 aromatic heterocycles. The molecule has 2 atom stereocenters. The van der Waals surface area contributed by atoms with Gasteiger partial charge in [0.05, 0.1) is 12.6 Å². The van der Waals surface area contributed by atoms with E-state index in [0.717, 1.165) is 19.3 Å². The van der Waals surface area contributed by atoms with E-state index in [2.05, 4.69) is 24.5 Å². The molecule has 4 heteroatoms. The molecule has 1 saturated carbocycles. The monoisotopic (exact) mass is 228 g/mol. The number of rotatable bonds is 4. The predicted molar refractivity (Wildman–Crippen MR) is 64.3 cm³/mol. The van der Waals surface area contributed by atoms with E-state index in [-0.39, 0.29) is 30.1 Å². The third kappa shape index (κ3) is 3.37. The van der Waals surface area contributed by atoms with Crippen molar-refractivity contribution in [2.24, 2.45) is 5.41 Å². The van der Waals surface area contributed by atoms with E-state index >= 15 is 0 Å². The molecule has 1 aliphatic rings. The van der Waals surface area contributed by atoms with Crippen molar-refractivity contribution in [2.45, 2.75) is 58.5 Å². The van der Waals surface area contributed by atoms with Crippen LogP contribution in [0.2, 0.25) is 0 Å². The Bertz CT molecular complexity index is 237. The highest BCUT2D eigenvalue weighted by atomic mass is 16.3. The third-order valence-electron chi connectivity index (χ3n) is 3.61. The number of carbonyl (C=O) groups excluding carboxylic acids is 1. The first-order valence-electron chi connectivity index (χ1n) is 6.17. The van der Waals surface area contributed by atoms with Gasteiger partial charge in [-0.2, -0.15) is 0 Å². The van der Waals surface area contributed by atoms with Crippen molar-refractivity contribution >= 4 is 6.03 Å². The predicted octanol–water partition coefficient (Wildman–Crippen LogP) is 1.64. The van der Waals surface area contributed by atoms with Crippen LogP contribution in [-0.2, 0) is 0 Å². The summed E-state index contributed by atoms with van der Waals surface area (Å²) in [6, 6.07) is -0.0333. The summed E-state index contributed by atoms with van der Waals surface area (Å²) in [5, 5.41) is 14.8. The zero-order valence-electron chi connectivity index (χ0n) is 10.5. The molecule has 4 nitrogen and oxygen atoms in total. The summed E-state index contributed by atoms with van der Waals surface area (Å²) in [5.74, 6) is 0. The van der Waals surface area contributed by atoms with Gasteiger partial charge in [-0.3, -0.25) is 0 Å². The Kier molecular flexibility index (Phi) is 4.59. The number of aliphatic hydroxyl groups excluding tert-OH is 1. The van der Waals surface area contributed by atoms with Crippen LogP contribution in [0.5, 0.6) is 0 Å². The minimum absolute atomic E-state index is 0.00200. The molecule has 2 amide bonds. The molecular weight excluding hydrogens is 204 g/mol. The van der Waals surface area contributed by atoms with Crippen LogP contribution in [-0.4, -0.2) is 29.8 Å². The maximum absolute atomic E-state index is 11.7. The van der Waals surface area contributed by atoms with E-state index in [1.54, 1.807) is 0 Å². The van der Waals surface area contributed by atoms with E-state index in [1.807, 2.05) is 6.92 Å². The summed E-state index contributed by atoms with van der Waals surface area (Å²) in [5.41, 5.74) is 0.193. The lowest BCUT2D eigenvalue weighted by Crippen LogP contribution is -2.50. The SMILES string of the molecule is CCC(CO)NC(=O)NC1CCCC1(C)C. The van der Waals surface area contributed by atoms with Gasteiger partial charge < -0.3 is 15.7 Å². The summed E-state index contributed by atoms with van der Waals surface area (Å²) in [6.45, 7) is 6.32. The van der Waals surface area contributed by atoms with Crippen LogP contribution >= 0.6 is 0 Å². The van der Waals surface area contributed by atoms with Crippen molar-refractivity contribution in [3.05, 3.63) is 0 Å². The maximum Gasteiger partial charge on any atom is 0.315 e. The molecule has 94 valence electrons. The quantitative estimate of drug-likeness (QED) is 0.685. The first kappa shape index (κ1) is 13.3. The summed E-state index contributed by atoms with van der Waals surface area (Å²) < 4.78 is 0. The lowest BCUT2D eigenvalue weighted by atomic mass is 9.87. The van der Waals surface area contributed by atoms with Gasteiger partial charge in [0.2, 0.25) is 0 Å². The second kappa shape index (κ2) is 5.53. The van der Waals surface area contributed by atoms with Crippen LogP contribution in [0.1, 0.15) is 46.5 Å². The minimum Gasteiger partial charge on any atom is -0.394 e. The summed E-state index contributed by atoms with van der Waals surface area (Å²) in [6.07, 6.45) is 4.14. The Labute approximate surface area is 97.8 Å². The fraction of sp³-hybridized carbons (Fsp3) is 0.917. The summed E-state index contributed by atoms with van der Waals surface area (Å²) in [4.78, 5) is 11.7. The Morgan fingerprint density at radius 3 is 2.69 bits per heavy atom. The fourth-order valence-corrected chi connectivity index (χ4v) is 2.26. The van der Waals surface area contributed by atoms with Crippen LogP contribution < -0.4 is 10.6 Å². The molecule has 16 heavy (non-hydrogen) atoms. The number of carbonyl (C=O) groups is 1. The number of aliphatic hydroxyl groups is 1. The van der Waals surface area contributed by atoms with Crippen LogP contribution in [0.25, 0.3) is 0 Å². The lowest BCUT2D eigenvalue weighted by Gasteiger charge is -2.28. The van der Waals surface area contributed by atoms with E-state index < -0.39 is 0 Å². The van der Waals surface area contributed by atoms with Crippen LogP contribution in [0.15, 0.2) is 0 Å². The highest BCUT2D eigenvalue weighted by Crippen LogP contribution is 2.36. The smallest absolute Gasteiger partial charge is 0.315 e. The van der Waals surface area contributed by atoms with Gasteiger partial charge >= 0.3 is 6.03 Å². The third-order valence-corrected chi connectivity index (χ3v) is 3.61. The lowest BCUT2D eigenvalue weighted by molar-refractivity contribution is 0.202. The van der Waals surface area contributed by atoms with Gasteiger partial charge in [0.15, 0.2) is 0 Å². The molecule has 0 radical (unpaired) electrons. The standard InChI is InChI=1S/C12H24N2O2/c1-4-9(8-15)13-11(16)14-10-6-5-7-12(10,2)3/h9-10,15H,4-8H2,1-3H3,(H2,13,14,16). The van der Waals surface area contributed by atoms with Crippen molar-refractivity contribution in [2.75, 3.05) is 6.61 Å². The number of urea groups is 1. The Morgan fingerprint density at radius 2 is 2.25 bits per heavy atom. The molecule has 2 unspecified atom stereocenters. The molecule has 0 aromatic rings. The van der Waals surface area contributed by atoms with Crippen molar-refractivity contribution in [3.63, 3.8) is 0 Å². The van der Waals surface area contributed by atoms with Crippen molar-refractivity contribution in [3.8, 4) is 0 Å². The van der Waals surface area contributed by atoms with E-state index in [4.69, 9.17) is 5.11 Å². The molecule has 1 fully saturated rings. The van der Waals surface area contributed by atoms with Crippen LogP contribution in [0.3, 0.4) is 0 Å². The van der Waals surface area contributed by atoms with Gasteiger partial charge in [-0.25, -0.2) is 4.79 Å². The Hall–Kier alpha value is -0.770. The molecule has 0 bridgehead atoms. The van der Waals surface area contributed by atoms with Gasteiger partial charge in [0.1, 0.15) is 0 Å². The normalized spacial score (nSPS) is 25.1. The first-order chi connectivity index (χ1) is 7.49. The molecule has 0 saturated heterocycles. The van der Waals surface area contributed by atoms with Crippen LogP contribution in [0, 0.1) is 5.41 Å². The zero-order valence-corrected chi connectivity index (χ0v) is 10.5. The molecule has 3 N–H and O–H groups in total. The molecule has 0 spiro atoms. The second-order valence-electron chi connectivity index (χ2n) is 5.34. The first-order valence-corrected chi connectivity index (χ1v) is 6.17. The second-order valence-corrected chi connectivity index (χ2v) is 5.34. The molecule has 0 aliphatic heterocycles. The molecular formula is C12H24N2O2. The Morgan fingerprint density at radius 1 is 1.56 bits per heavy atom. The number of amides is 2. The average Bonchev–Trinajstić information content (AvgIpc) is 2.55. The zero-order chi connectivity index (χ0) is 12.2. The van der Waals surface area contributed by atoms with E-state index in [1.165, 1.54) is 6.42 Å². The van der Waals surface area contributed by atoms with Gasteiger partial charge in [0, 0.05) is 6.04 Å². The summed E-state index contributed by atoms with van der Waals surface area (Å²) >= 11 is 0. The van der Waals surface area contributed by atoms with E-state index in [9.17, 15) is 4.79 Å². The summed E-state index contributed by atoms with van der Waals surface area (Å²) in [7, 11) is 0. The number of hydrogen-bond donors (Lipinski definition) is 3. The van der Waals surface area contributed by atoms with Gasteiger partial charge in [-0.1, -0.05) is 27.2 Å². The minimum atomic E-state index is -0.152. The highest BCUT2D eigenvalue weighted by Gasteiger charge is 2.35. The fourth-order valence-electron chi connectivity index (χ4n) is 2.26. The maximum atomic E-state index is 11.7. The molecule has 0 heterocycles. The van der Waals surface area contributed by atoms with Gasteiger partial charge in [-0.15, -0.1) is 0 Å². The number of nitrogens with one attached hydrogen (secondary N) is 2. The number of hydrogen-bond acceptors (Lipinski definition) is 2. The van der Waals surface area contributed by atoms with Gasteiger partial charge in [-0.05, 0) is 24.7 Å². The van der Waals surface area contributed by atoms with Crippen LogP contribution in [0.4, 0.5) is 4.79 Å². The highest BCUT2D eigenvalue weighted by molar-refractivity contribution is 5.74. The van der Waals surface area contributed by atoms with E-state index in [0.29, 0.717) is 0 Å². The van der Waals surface area contributed by atoms with Crippen molar-refractivity contribution < 1.29 is 9.90 Å². The largest absolute Gasteiger partial charge is 0.394 e.